The first-order chi connectivity index (χ1) is 15.9. The van der Waals surface area contributed by atoms with Gasteiger partial charge in [0.1, 0.15) is 5.82 Å². The minimum atomic E-state index is -3.78. The molecule has 4 rings (SSSR count). The van der Waals surface area contributed by atoms with Crippen LogP contribution in [-0.4, -0.2) is 30.4 Å². The van der Waals surface area contributed by atoms with E-state index in [1.165, 1.54) is 12.1 Å². The maximum absolute atomic E-state index is 12.9. The number of imidazole rings is 1. The number of fused-ring (bicyclic) bond motifs is 1. The summed E-state index contributed by atoms with van der Waals surface area (Å²) >= 11 is 0. The van der Waals surface area contributed by atoms with Crippen LogP contribution in [0.3, 0.4) is 0 Å². The predicted molar refractivity (Wildman–Crippen MR) is 123 cm³/mol. The van der Waals surface area contributed by atoms with E-state index in [0.29, 0.717) is 13.1 Å². The summed E-state index contributed by atoms with van der Waals surface area (Å²) in [5, 5.41) is 2.78. The highest BCUT2D eigenvalue weighted by atomic mass is 32.2. The first-order valence-electron chi connectivity index (χ1n) is 10.4. The molecule has 7 nitrogen and oxygen atoms in total. The van der Waals surface area contributed by atoms with Crippen LogP contribution < -0.4 is 10.0 Å². The van der Waals surface area contributed by atoms with E-state index in [4.69, 9.17) is 0 Å². The molecule has 3 aromatic carbocycles. The molecule has 0 aliphatic heterocycles. The van der Waals surface area contributed by atoms with Gasteiger partial charge in [-0.25, -0.2) is 22.5 Å². The van der Waals surface area contributed by atoms with Gasteiger partial charge in [-0.3, -0.25) is 4.79 Å². The number of nitrogens with one attached hydrogen (secondary N) is 2. The summed E-state index contributed by atoms with van der Waals surface area (Å²) in [5.41, 5.74) is 4.08. The Morgan fingerprint density at radius 3 is 2.39 bits per heavy atom. The summed E-state index contributed by atoms with van der Waals surface area (Å²) in [7, 11) is -3.78. The van der Waals surface area contributed by atoms with Crippen molar-refractivity contribution >= 4 is 27.0 Å². The monoisotopic (exact) mass is 466 g/mol. The van der Waals surface area contributed by atoms with Crippen LogP contribution in [0.1, 0.15) is 17.5 Å². The number of aromatic nitrogens is 2. The summed E-state index contributed by atoms with van der Waals surface area (Å²) in [5.74, 6) is -0.789. The SMILES string of the molecule is O=C(CCNS(=O)(=O)c1ccc(F)cc1)NCc1ccc(Cn2cnc3ccccc32)cc1. The molecule has 0 aliphatic carbocycles. The molecule has 0 unspecified atom stereocenters. The van der Waals surface area contributed by atoms with Crippen LogP contribution in [0.5, 0.6) is 0 Å². The van der Waals surface area contributed by atoms with Gasteiger partial charge >= 0.3 is 0 Å². The van der Waals surface area contributed by atoms with Gasteiger partial charge in [0.15, 0.2) is 0 Å². The molecule has 0 radical (unpaired) electrons. The summed E-state index contributed by atoms with van der Waals surface area (Å²) in [4.78, 5) is 16.4. The minimum Gasteiger partial charge on any atom is -0.352 e. The first kappa shape index (κ1) is 22.6. The Labute approximate surface area is 191 Å². The number of carbonyl (C=O) groups is 1. The molecule has 1 heterocycles. The molecule has 2 N–H and O–H groups in total. The minimum absolute atomic E-state index is 0.00773. The van der Waals surface area contributed by atoms with Crippen molar-refractivity contribution in [3.05, 3.63) is 96.1 Å². The number of hydrogen-bond acceptors (Lipinski definition) is 4. The standard InChI is InChI=1S/C24H23FN4O3S/c25-20-9-11-21(12-10-20)33(31,32)28-14-13-24(30)26-15-18-5-7-19(8-6-18)16-29-17-27-22-3-1-2-4-23(22)29/h1-12,17,28H,13-16H2,(H,26,30). The number of sulfonamides is 1. The summed E-state index contributed by atoms with van der Waals surface area (Å²) in [6, 6.07) is 20.4. The first-order valence-corrected chi connectivity index (χ1v) is 11.9. The van der Waals surface area contributed by atoms with E-state index in [0.717, 1.165) is 34.3 Å². The van der Waals surface area contributed by atoms with Crippen LogP contribution in [0.25, 0.3) is 11.0 Å². The average Bonchev–Trinajstić information content (AvgIpc) is 3.22. The molecule has 0 saturated carbocycles. The van der Waals surface area contributed by atoms with Gasteiger partial charge in [-0.05, 0) is 47.5 Å². The molecule has 170 valence electrons. The maximum Gasteiger partial charge on any atom is 0.240 e. The van der Waals surface area contributed by atoms with Gasteiger partial charge in [0.25, 0.3) is 0 Å². The lowest BCUT2D eigenvalue weighted by Crippen LogP contribution is -2.30. The molecule has 0 atom stereocenters. The highest BCUT2D eigenvalue weighted by Gasteiger charge is 2.14. The smallest absolute Gasteiger partial charge is 0.240 e. The molecule has 4 aromatic rings. The van der Waals surface area contributed by atoms with Crippen molar-refractivity contribution in [1.82, 2.24) is 19.6 Å². The average molecular weight is 467 g/mol. The van der Waals surface area contributed by atoms with Gasteiger partial charge in [-0.15, -0.1) is 0 Å². The molecule has 33 heavy (non-hydrogen) atoms. The maximum atomic E-state index is 12.9. The zero-order valence-corrected chi connectivity index (χ0v) is 18.6. The number of hydrogen-bond donors (Lipinski definition) is 2. The molecule has 0 fully saturated rings. The van der Waals surface area contributed by atoms with E-state index >= 15 is 0 Å². The topological polar surface area (TPSA) is 93.1 Å². The fraction of sp³-hybridized carbons (Fsp3) is 0.167. The van der Waals surface area contributed by atoms with Crippen LogP contribution in [0.2, 0.25) is 0 Å². The van der Waals surface area contributed by atoms with Gasteiger partial charge in [0, 0.05) is 26.1 Å². The van der Waals surface area contributed by atoms with Crippen LogP contribution in [-0.2, 0) is 27.9 Å². The van der Waals surface area contributed by atoms with E-state index in [9.17, 15) is 17.6 Å². The molecule has 0 saturated heterocycles. The fourth-order valence-electron chi connectivity index (χ4n) is 3.38. The lowest BCUT2D eigenvalue weighted by molar-refractivity contribution is -0.121. The van der Waals surface area contributed by atoms with Crippen molar-refractivity contribution < 1.29 is 17.6 Å². The normalized spacial score (nSPS) is 11.5. The zero-order chi connectivity index (χ0) is 23.3. The summed E-state index contributed by atoms with van der Waals surface area (Å²) < 4.78 is 41.7. The van der Waals surface area contributed by atoms with E-state index in [-0.39, 0.29) is 23.8 Å². The van der Waals surface area contributed by atoms with Crippen molar-refractivity contribution in [3.63, 3.8) is 0 Å². The predicted octanol–water partition coefficient (Wildman–Crippen LogP) is 3.21. The van der Waals surface area contributed by atoms with Crippen molar-refractivity contribution in [3.8, 4) is 0 Å². The molecule has 1 amide bonds. The third kappa shape index (κ3) is 5.82. The van der Waals surface area contributed by atoms with Crippen LogP contribution in [0.4, 0.5) is 4.39 Å². The molecule has 0 aliphatic rings. The Morgan fingerprint density at radius 1 is 0.939 bits per heavy atom. The number of amides is 1. The second-order valence-electron chi connectivity index (χ2n) is 7.56. The number of para-hydroxylation sites is 2. The summed E-state index contributed by atoms with van der Waals surface area (Å²) in [6.45, 7) is 0.989. The lowest BCUT2D eigenvalue weighted by atomic mass is 10.1. The van der Waals surface area contributed by atoms with E-state index in [2.05, 4.69) is 19.6 Å². The largest absolute Gasteiger partial charge is 0.352 e. The van der Waals surface area contributed by atoms with Crippen molar-refractivity contribution in [2.75, 3.05) is 6.54 Å². The molecule has 0 spiro atoms. The quantitative estimate of drug-likeness (QED) is 0.396. The van der Waals surface area contributed by atoms with E-state index in [1.807, 2.05) is 54.9 Å². The van der Waals surface area contributed by atoms with Crippen LogP contribution in [0, 0.1) is 5.82 Å². The van der Waals surface area contributed by atoms with Crippen LogP contribution in [0.15, 0.2) is 84.0 Å². The van der Waals surface area contributed by atoms with Crippen molar-refractivity contribution in [1.29, 1.82) is 0 Å². The second-order valence-corrected chi connectivity index (χ2v) is 9.32. The number of rotatable bonds is 9. The third-order valence-electron chi connectivity index (χ3n) is 5.16. The highest BCUT2D eigenvalue weighted by molar-refractivity contribution is 7.89. The van der Waals surface area contributed by atoms with Crippen molar-refractivity contribution in [2.24, 2.45) is 0 Å². The molecule has 0 bridgehead atoms. The fourth-order valence-corrected chi connectivity index (χ4v) is 4.41. The van der Waals surface area contributed by atoms with E-state index < -0.39 is 15.8 Å². The van der Waals surface area contributed by atoms with E-state index in [1.54, 1.807) is 0 Å². The number of benzene rings is 3. The lowest BCUT2D eigenvalue weighted by Gasteiger charge is -2.09. The van der Waals surface area contributed by atoms with Gasteiger partial charge in [0.2, 0.25) is 15.9 Å². The number of halogens is 1. The van der Waals surface area contributed by atoms with Crippen molar-refractivity contribution in [2.45, 2.75) is 24.4 Å². The number of nitrogens with zero attached hydrogens (tertiary/aromatic N) is 2. The molecular formula is C24H23FN4O3S. The molecule has 9 heteroatoms. The molecule has 1 aromatic heterocycles. The number of carbonyl (C=O) groups excluding carboxylic acids is 1. The Balaban J connectivity index is 1.23. The Hall–Kier alpha value is -3.56. The highest BCUT2D eigenvalue weighted by Crippen LogP contribution is 2.14. The van der Waals surface area contributed by atoms with Gasteiger partial charge < -0.3 is 9.88 Å². The van der Waals surface area contributed by atoms with Gasteiger partial charge in [-0.2, -0.15) is 0 Å². The second kappa shape index (κ2) is 9.93. The Kier molecular flexibility index (Phi) is 6.81. The Morgan fingerprint density at radius 2 is 1.64 bits per heavy atom. The van der Waals surface area contributed by atoms with Gasteiger partial charge in [-0.1, -0.05) is 36.4 Å². The third-order valence-corrected chi connectivity index (χ3v) is 6.64. The van der Waals surface area contributed by atoms with Gasteiger partial charge in [0.05, 0.1) is 22.3 Å². The molecular weight excluding hydrogens is 443 g/mol. The zero-order valence-electron chi connectivity index (χ0n) is 17.7. The Bertz CT molecular complexity index is 1350. The van der Waals surface area contributed by atoms with Crippen LogP contribution >= 0.6 is 0 Å². The summed E-state index contributed by atoms with van der Waals surface area (Å²) in [6.07, 6.45) is 1.81.